The Labute approximate surface area is 114 Å². The zero-order valence-electron chi connectivity index (χ0n) is 11.1. The van der Waals surface area contributed by atoms with Crippen molar-refractivity contribution in [2.75, 3.05) is 18.9 Å². The molecule has 0 aromatic heterocycles. The molecule has 19 heavy (non-hydrogen) atoms. The summed E-state index contributed by atoms with van der Waals surface area (Å²) >= 11 is 0. The van der Waals surface area contributed by atoms with Crippen LogP contribution in [0.5, 0.6) is 0 Å². The monoisotopic (exact) mass is 284 g/mol. The van der Waals surface area contributed by atoms with Crippen LogP contribution in [0.15, 0.2) is 24.3 Å². The van der Waals surface area contributed by atoms with Crippen LogP contribution in [0.3, 0.4) is 0 Å². The first-order valence-electron chi connectivity index (χ1n) is 6.32. The van der Waals surface area contributed by atoms with Crippen LogP contribution in [0.1, 0.15) is 25.3 Å². The number of anilines is 1. The van der Waals surface area contributed by atoms with Gasteiger partial charge in [-0.05, 0) is 37.5 Å². The summed E-state index contributed by atoms with van der Waals surface area (Å²) in [5.41, 5.74) is 6.41. The Morgan fingerprint density at radius 3 is 2.89 bits per heavy atom. The second-order valence-corrected chi connectivity index (χ2v) is 7.05. The number of sulfonamides is 1. The predicted octanol–water partition coefficient (Wildman–Crippen LogP) is 1.26. The highest BCUT2D eigenvalue weighted by molar-refractivity contribution is 7.88. The summed E-state index contributed by atoms with van der Waals surface area (Å²) in [4.78, 5) is 0. The summed E-state index contributed by atoms with van der Waals surface area (Å²) in [7, 11) is -3.40. The summed E-state index contributed by atoms with van der Waals surface area (Å²) in [6.45, 7) is 3.00. The van der Waals surface area contributed by atoms with Gasteiger partial charge in [-0.25, -0.2) is 13.1 Å². The molecule has 6 heteroatoms. The molecular formula is C13H20N2O3S. The zero-order chi connectivity index (χ0) is 13.9. The molecule has 1 aliphatic heterocycles. The van der Waals surface area contributed by atoms with Crippen molar-refractivity contribution in [1.29, 1.82) is 0 Å². The SMILES string of the molecule is CC1(NS(=O)(=O)Cc2cccc(N)c2)CCCOC1. The van der Waals surface area contributed by atoms with E-state index in [-0.39, 0.29) is 5.75 Å². The van der Waals surface area contributed by atoms with Crippen LogP contribution in [0.2, 0.25) is 0 Å². The van der Waals surface area contributed by atoms with Gasteiger partial charge in [-0.3, -0.25) is 0 Å². The molecule has 0 amide bonds. The van der Waals surface area contributed by atoms with Crippen LogP contribution >= 0.6 is 0 Å². The van der Waals surface area contributed by atoms with E-state index in [0.29, 0.717) is 24.5 Å². The highest BCUT2D eigenvalue weighted by Gasteiger charge is 2.32. The maximum atomic E-state index is 12.2. The standard InChI is InChI=1S/C13H20N2O3S/c1-13(6-3-7-18-10-13)15-19(16,17)9-11-4-2-5-12(14)8-11/h2,4-5,8,15H,3,6-7,9-10,14H2,1H3. The Kier molecular flexibility index (Phi) is 4.13. The van der Waals surface area contributed by atoms with Gasteiger partial charge in [0.05, 0.1) is 17.9 Å². The van der Waals surface area contributed by atoms with Gasteiger partial charge in [0.1, 0.15) is 0 Å². The molecule has 0 bridgehead atoms. The van der Waals surface area contributed by atoms with Gasteiger partial charge in [0.15, 0.2) is 0 Å². The lowest BCUT2D eigenvalue weighted by molar-refractivity contribution is 0.0386. The van der Waals surface area contributed by atoms with Crippen LogP contribution in [-0.4, -0.2) is 27.2 Å². The minimum atomic E-state index is -3.40. The van der Waals surface area contributed by atoms with Crippen LogP contribution in [0, 0.1) is 0 Å². The Morgan fingerprint density at radius 1 is 1.47 bits per heavy atom. The molecule has 1 aromatic carbocycles. The first-order chi connectivity index (χ1) is 8.89. The second-order valence-electron chi connectivity index (χ2n) is 5.32. The molecule has 1 saturated heterocycles. The maximum Gasteiger partial charge on any atom is 0.216 e. The van der Waals surface area contributed by atoms with Crippen molar-refractivity contribution >= 4 is 15.7 Å². The lowest BCUT2D eigenvalue weighted by atomic mass is 9.97. The third kappa shape index (κ3) is 4.19. The Morgan fingerprint density at radius 2 is 2.26 bits per heavy atom. The molecule has 1 atom stereocenters. The molecule has 0 radical (unpaired) electrons. The normalized spacial score (nSPS) is 24.3. The lowest BCUT2D eigenvalue weighted by Gasteiger charge is -2.33. The largest absolute Gasteiger partial charge is 0.399 e. The molecular weight excluding hydrogens is 264 g/mol. The number of nitrogens with two attached hydrogens (primary N) is 1. The topological polar surface area (TPSA) is 81.4 Å². The molecule has 1 aliphatic rings. The molecule has 0 aliphatic carbocycles. The fourth-order valence-electron chi connectivity index (χ4n) is 2.33. The molecule has 106 valence electrons. The van der Waals surface area contributed by atoms with E-state index in [1.807, 2.05) is 6.92 Å². The van der Waals surface area contributed by atoms with Crippen molar-refractivity contribution < 1.29 is 13.2 Å². The predicted molar refractivity (Wildman–Crippen MR) is 75.1 cm³/mol. The lowest BCUT2D eigenvalue weighted by Crippen LogP contribution is -2.51. The molecule has 5 nitrogen and oxygen atoms in total. The van der Waals surface area contributed by atoms with Gasteiger partial charge in [0, 0.05) is 12.3 Å². The summed E-state index contributed by atoms with van der Waals surface area (Å²) in [5, 5.41) is 0. The Hall–Kier alpha value is -1.11. The summed E-state index contributed by atoms with van der Waals surface area (Å²) in [6.07, 6.45) is 1.67. The molecule has 0 saturated carbocycles. The summed E-state index contributed by atoms with van der Waals surface area (Å²) in [6, 6.07) is 6.93. The quantitative estimate of drug-likeness (QED) is 0.816. The van der Waals surface area contributed by atoms with Gasteiger partial charge >= 0.3 is 0 Å². The van der Waals surface area contributed by atoms with Crippen molar-refractivity contribution in [1.82, 2.24) is 4.72 Å². The first kappa shape index (κ1) is 14.3. The van der Waals surface area contributed by atoms with Crippen molar-refractivity contribution in [3.63, 3.8) is 0 Å². The van der Waals surface area contributed by atoms with Gasteiger partial charge in [-0.15, -0.1) is 0 Å². The van der Waals surface area contributed by atoms with Gasteiger partial charge in [0.25, 0.3) is 0 Å². The maximum absolute atomic E-state index is 12.2. The van der Waals surface area contributed by atoms with E-state index >= 15 is 0 Å². The van der Waals surface area contributed by atoms with E-state index in [0.717, 1.165) is 12.8 Å². The van der Waals surface area contributed by atoms with Crippen LogP contribution in [0.25, 0.3) is 0 Å². The van der Waals surface area contributed by atoms with Gasteiger partial charge < -0.3 is 10.5 Å². The average molecular weight is 284 g/mol. The van der Waals surface area contributed by atoms with E-state index < -0.39 is 15.6 Å². The number of rotatable bonds is 4. The van der Waals surface area contributed by atoms with Crippen molar-refractivity contribution in [2.24, 2.45) is 0 Å². The van der Waals surface area contributed by atoms with Crippen LogP contribution in [-0.2, 0) is 20.5 Å². The Balaban J connectivity index is 2.06. The zero-order valence-corrected chi connectivity index (χ0v) is 11.9. The number of ether oxygens (including phenoxy) is 1. The van der Waals surface area contributed by atoms with Crippen molar-refractivity contribution in [2.45, 2.75) is 31.1 Å². The number of hydrogen-bond acceptors (Lipinski definition) is 4. The molecule has 0 spiro atoms. The van der Waals surface area contributed by atoms with E-state index in [1.54, 1.807) is 24.3 Å². The van der Waals surface area contributed by atoms with E-state index in [2.05, 4.69) is 4.72 Å². The first-order valence-corrected chi connectivity index (χ1v) is 7.98. The number of nitrogen functional groups attached to an aromatic ring is 1. The van der Waals surface area contributed by atoms with Crippen LogP contribution < -0.4 is 10.5 Å². The summed E-state index contributed by atoms with van der Waals surface area (Å²) in [5.74, 6) is -0.0619. The fourth-order valence-corrected chi connectivity index (χ4v) is 3.93. The number of nitrogens with one attached hydrogen (secondary N) is 1. The van der Waals surface area contributed by atoms with Crippen molar-refractivity contribution in [3.05, 3.63) is 29.8 Å². The van der Waals surface area contributed by atoms with Gasteiger partial charge in [-0.1, -0.05) is 12.1 Å². The third-order valence-corrected chi connectivity index (χ3v) is 4.66. The molecule has 1 unspecified atom stereocenters. The van der Waals surface area contributed by atoms with Gasteiger partial charge in [0.2, 0.25) is 10.0 Å². The fraction of sp³-hybridized carbons (Fsp3) is 0.538. The van der Waals surface area contributed by atoms with E-state index in [4.69, 9.17) is 10.5 Å². The van der Waals surface area contributed by atoms with Gasteiger partial charge in [-0.2, -0.15) is 0 Å². The Bertz CT molecular complexity index is 537. The summed E-state index contributed by atoms with van der Waals surface area (Å²) < 4.78 is 32.5. The minimum Gasteiger partial charge on any atom is -0.399 e. The second kappa shape index (κ2) is 5.48. The van der Waals surface area contributed by atoms with E-state index in [1.165, 1.54) is 0 Å². The third-order valence-electron chi connectivity index (χ3n) is 3.15. The highest BCUT2D eigenvalue weighted by Crippen LogP contribution is 2.20. The van der Waals surface area contributed by atoms with Crippen LogP contribution in [0.4, 0.5) is 5.69 Å². The average Bonchev–Trinajstić information content (AvgIpc) is 2.27. The molecule has 1 heterocycles. The van der Waals surface area contributed by atoms with E-state index in [9.17, 15) is 8.42 Å². The van der Waals surface area contributed by atoms with Crippen molar-refractivity contribution in [3.8, 4) is 0 Å². The molecule has 2 rings (SSSR count). The minimum absolute atomic E-state index is 0.0619. The highest BCUT2D eigenvalue weighted by atomic mass is 32.2. The molecule has 1 fully saturated rings. The number of hydrogen-bond donors (Lipinski definition) is 2. The molecule has 3 N–H and O–H groups in total. The smallest absolute Gasteiger partial charge is 0.216 e. The molecule has 1 aromatic rings. The number of benzene rings is 1.